The first-order valence-electron chi connectivity index (χ1n) is 5.38. The molecule has 0 heterocycles. The van der Waals surface area contributed by atoms with Gasteiger partial charge in [0.1, 0.15) is 0 Å². The molecular weight excluding hydrogens is 184 g/mol. The molecule has 0 aliphatic heterocycles. The maximum atomic E-state index is 11.7. The average molecular weight is 200 g/mol. The Labute approximate surface area is 90.8 Å². The molecule has 1 nitrogen and oxygen atoms in total. The smallest absolute Gasteiger partial charge is 0.186 e. The lowest BCUT2D eigenvalue weighted by molar-refractivity contribution is 0.104. The van der Waals surface area contributed by atoms with Crippen LogP contribution in [-0.4, -0.2) is 5.78 Å². The van der Waals surface area contributed by atoms with Crippen LogP contribution in [0, 0.1) is 6.92 Å². The van der Waals surface area contributed by atoms with Crippen LogP contribution in [0.25, 0.3) is 5.57 Å². The Hall–Kier alpha value is -1.37. The van der Waals surface area contributed by atoms with Crippen molar-refractivity contribution in [3.05, 3.63) is 40.5 Å². The number of benzene rings is 1. The predicted octanol–water partition coefficient (Wildman–Crippen LogP) is 3.72. The van der Waals surface area contributed by atoms with Gasteiger partial charge in [-0.25, -0.2) is 0 Å². The maximum absolute atomic E-state index is 11.7. The van der Waals surface area contributed by atoms with Gasteiger partial charge in [-0.3, -0.25) is 4.79 Å². The minimum absolute atomic E-state index is 0.162. The lowest BCUT2D eigenvalue weighted by Crippen LogP contribution is -1.99. The molecule has 0 saturated heterocycles. The van der Waals surface area contributed by atoms with Crippen LogP contribution in [0.5, 0.6) is 0 Å². The molecule has 0 N–H and O–H groups in total. The summed E-state index contributed by atoms with van der Waals surface area (Å²) in [6.45, 7) is 8.39. The molecule has 0 saturated carbocycles. The highest BCUT2D eigenvalue weighted by molar-refractivity contribution is 6.17. The third kappa shape index (κ3) is 1.52. The fourth-order valence-corrected chi connectivity index (χ4v) is 2.13. The molecule has 1 aromatic carbocycles. The molecule has 0 atom stereocenters. The summed E-state index contributed by atoms with van der Waals surface area (Å²) >= 11 is 0. The summed E-state index contributed by atoms with van der Waals surface area (Å²) in [6, 6.07) is 4.29. The first-order chi connectivity index (χ1) is 7.00. The third-order valence-electron chi connectivity index (χ3n) is 3.04. The molecule has 15 heavy (non-hydrogen) atoms. The Morgan fingerprint density at radius 1 is 1.13 bits per heavy atom. The van der Waals surface area contributed by atoms with Crippen LogP contribution in [-0.2, 0) is 0 Å². The van der Waals surface area contributed by atoms with Crippen LogP contribution in [0.3, 0.4) is 0 Å². The van der Waals surface area contributed by atoms with Crippen LogP contribution in [0.4, 0.5) is 0 Å². The van der Waals surface area contributed by atoms with Crippen molar-refractivity contribution in [1.82, 2.24) is 0 Å². The van der Waals surface area contributed by atoms with Gasteiger partial charge in [0.15, 0.2) is 5.78 Å². The molecule has 1 aliphatic carbocycles. The van der Waals surface area contributed by atoms with E-state index in [0.717, 1.165) is 22.3 Å². The fraction of sp³-hybridized carbons (Fsp3) is 0.357. The monoisotopic (exact) mass is 200 g/mol. The van der Waals surface area contributed by atoms with Gasteiger partial charge in [0, 0.05) is 5.56 Å². The van der Waals surface area contributed by atoms with E-state index >= 15 is 0 Å². The Kier molecular flexibility index (Phi) is 2.26. The van der Waals surface area contributed by atoms with E-state index in [4.69, 9.17) is 0 Å². The molecule has 2 rings (SSSR count). The second-order valence-corrected chi connectivity index (χ2v) is 4.61. The van der Waals surface area contributed by atoms with Gasteiger partial charge in [-0.2, -0.15) is 0 Å². The van der Waals surface area contributed by atoms with Crippen LogP contribution in [0.15, 0.2) is 18.2 Å². The topological polar surface area (TPSA) is 17.1 Å². The van der Waals surface area contributed by atoms with Gasteiger partial charge in [0.25, 0.3) is 0 Å². The van der Waals surface area contributed by atoms with E-state index < -0.39 is 0 Å². The summed E-state index contributed by atoms with van der Waals surface area (Å²) in [7, 11) is 0. The van der Waals surface area contributed by atoms with Crippen molar-refractivity contribution in [1.29, 1.82) is 0 Å². The summed E-state index contributed by atoms with van der Waals surface area (Å²) in [6.07, 6.45) is 1.74. The first kappa shape index (κ1) is 10.2. The number of carbonyl (C=O) groups excluding carboxylic acids is 1. The predicted molar refractivity (Wildman–Crippen MR) is 63.2 cm³/mol. The Morgan fingerprint density at radius 3 is 2.40 bits per heavy atom. The zero-order chi connectivity index (χ0) is 11.2. The summed E-state index contributed by atoms with van der Waals surface area (Å²) < 4.78 is 0. The fourth-order valence-electron chi connectivity index (χ4n) is 2.13. The van der Waals surface area contributed by atoms with E-state index in [1.54, 1.807) is 6.08 Å². The van der Waals surface area contributed by atoms with E-state index in [1.165, 1.54) is 5.56 Å². The van der Waals surface area contributed by atoms with E-state index in [1.807, 2.05) is 13.8 Å². The Morgan fingerprint density at radius 2 is 1.80 bits per heavy atom. The molecule has 0 spiro atoms. The molecule has 0 amide bonds. The highest BCUT2D eigenvalue weighted by Gasteiger charge is 2.21. The molecule has 0 unspecified atom stereocenters. The molecule has 78 valence electrons. The maximum Gasteiger partial charge on any atom is 0.186 e. The zero-order valence-corrected chi connectivity index (χ0v) is 9.72. The number of hydrogen-bond acceptors (Lipinski definition) is 1. The van der Waals surface area contributed by atoms with Crippen LogP contribution < -0.4 is 0 Å². The lowest BCUT2D eigenvalue weighted by atomic mass is 9.93. The normalized spacial score (nSPS) is 14.5. The summed E-state index contributed by atoms with van der Waals surface area (Å²) in [5.74, 6) is 0.674. The number of ketones is 1. The van der Waals surface area contributed by atoms with Crippen LogP contribution >= 0.6 is 0 Å². The van der Waals surface area contributed by atoms with E-state index in [0.29, 0.717) is 5.92 Å². The minimum atomic E-state index is 0.162. The Balaban J connectivity index is 2.66. The largest absolute Gasteiger partial charge is 0.289 e. The summed E-state index contributed by atoms with van der Waals surface area (Å²) in [4.78, 5) is 11.7. The highest BCUT2D eigenvalue weighted by Crippen LogP contribution is 2.32. The molecule has 1 heteroatoms. The van der Waals surface area contributed by atoms with E-state index in [9.17, 15) is 4.79 Å². The van der Waals surface area contributed by atoms with Crippen molar-refractivity contribution >= 4 is 11.4 Å². The average Bonchev–Trinajstić information content (AvgIpc) is 2.42. The van der Waals surface area contributed by atoms with E-state index in [2.05, 4.69) is 26.0 Å². The minimum Gasteiger partial charge on any atom is -0.289 e. The zero-order valence-electron chi connectivity index (χ0n) is 9.72. The molecular formula is C14H16O. The molecule has 0 bridgehead atoms. The van der Waals surface area contributed by atoms with Crippen molar-refractivity contribution in [2.45, 2.75) is 33.6 Å². The van der Waals surface area contributed by atoms with Crippen LogP contribution in [0.2, 0.25) is 0 Å². The summed E-state index contributed by atoms with van der Waals surface area (Å²) in [5.41, 5.74) is 5.55. The molecule has 0 radical (unpaired) electrons. The van der Waals surface area contributed by atoms with Crippen molar-refractivity contribution in [2.75, 3.05) is 0 Å². The second kappa shape index (κ2) is 3.34. The van der Waals surface area contributed by atoms with Gasteiger partial charge in [-0.05, 0) is 48.1 Å². The van der Waals surface area contributed by atoms with Crippen molar-refractivity contribution < 1.29 is 4.79 Å². The standard InChI is InChI=1S/C14H16O/c1-8(2)11-5-10(4)14-12(7-11)9(3)6-13(14)15/h5-8H,1-4H3. The quantitative estimate of drug-likeness (QED) is 0.675. The number of aryl methyl sites for hydroxylation is 1. The summed E-state index contributed by atoms with van der Waals surface area (Å²) in [5, 5.41) is 0. The first-order valence-corrected chi connectivity index (χ1v) is 5.38. The lowest BCUT2D eigenvalue weighted by Gasteiger charge is -2.11. The molecule has 1 aromatic rings. The van der Waals surface area contributed by atoms with Crippen LogP contribution in [0.1, 0.15) is 53.7 Å². The van der Waals surface area contributed by atoms with Gasteiger partial charge in [-0.15, -0.1) is 0 Å². The third-order valence-corrected chi connectivity index (χ3v) is 3.04. The molecule has 0 aromatic heterocycles. The van der Waals surface area contributed by atoms with Gasteiger partial charge in [0.2, 0.25) is 0 Å². The number of hydrogen-bond donors (Lipinski definition) is 0. The van der Waals surface area contributed by atoms with Gasteiger partial charge in [-0.1, -0.05) is 26.0 Å². The number of carbonyl (C=O) groups is 1. The number of allylic oxidation sites excluding steroid dienone is 2. The SMILES string of the molecule is CC1=CC(=O)c2c(C)cc(C(C)C)cc21. The van der Waals surface area contributed by atoms with Crippen molar-refractivity contribution in [3.8, 4) is 0 Å². The molecule has 1 aliphatic rings. The van der Waals surface area contributed by atoms with Gasteiger partial charge >= 0.3 is 0 Å². The Bertz CT molecular complexity index is 464. The molecule has 0 fully saturated rings. The van der Waals surface area contributed by atoms with Gasteiger partial charge < -0.3 is 0 Å². The van der Waals surface area contributed by atoms with Crippen molar-refractivity contribution in [3.63, 3.8) is 0 Å². The number of fused-ring (bicyclic) bond motifs is 1. The van der Waals surface area contributed by atoms with E-state index in [-0.39, 0.29) is 5.78 Å². The highest BCUT2D eigenvalue weighted by atomic mass is 16.1. The second-order valence-electron chi connectivity index (χ2n) is 4.61. The van der Waals surface area contributed by atoms with Gasteiger partial charge in [0.05, 0.1) is 0 Å². The van der Waals surface area contributed by atoms with Crippen molar-refractivity contribution in [2.24, 2.45) is 0 Å². The number of rotatable bonds is 1.